The minimum absolute atomic E-state index is 1.01. The minimum Gasteiger partial charge on any atom is -0.306 e. The fourth-order valence-corrected chi connectivity index (χ4v) is 4.53. The van der Waals surface area contributed by atoms with Crippen molar-refractivity contribution in [2.45, 2.75) is 25.9 Å². The van der Waals surface area contributed by atoms with Crippen molar-refractivity contribution in [3.05, 3.63) is 59.7 Å². The van der Waals surface area contributed by atoms with E-state index in [0.29, 0.717) is 0 Å². The molecule has 0 saturated heterocycles. The Morgan fingerprint density at radius 2 is 1.04 bits per heavy atom. The summed E-state index contributed by atoms with van der Waals surface area (Å²) in [6.45, 7) is 6.64. The Morgan fingerprint density at radius 1 is 0.571 bits per heavy atom. The van der Waals surface area contributed by atoms with Crippen molar-refractivity contribution in [2.75, 3.05) is 47.3 Å². The molecule has 3 nitrogen and oxygen atoms in total. The lowest BCUT2D eigenvalue weighted by atomic mass is 9.96. The van der Waals surface area contributed by atoms with Gasteiger partial charge in [0.05, 0.1) is 0 Å². The van der Waals surface area contributed by atoms with Crippen LogP contribution in [0.5, 0.6) is 0 Å². The molecular formula is C25H33N3. The molecule has 3 aromatic carbocycles. The van der Waals surface area contributed by atoms with Crippen molar-refractivity contribution in [2.24, 2.45) is 0 Å². The summed E-state index contributed by atoms with van der Waals surface area (Å²) in [4.78, 5) is 7.42. The van der Waals surface area contributed by atoms with Gasteiger partial charge in [0.25, 0.3) is 0 Å². The van der Waals surface area contributed by atoms with Gasteiger partial charge in [-0.2, -0.15) is 0 Å². The maximum absolute atomic E-state index is 2.48. The molecule has 28 heavy (non-hydrogen) atoms. The van der Waals surface area contributed by atoms with Crippen LogP contribution in [0.4, 0.5) is 0 Å². The summed E-state index contributed by atoms with van der Waals surface area (Å²) in [6, 6.07) is 18.3. The molecule has 0 amide bonds. The maximum atomic E-state index is 2.48. The Balaban J connectivity index is 1.78. The predicted octanol–water partition coefficient (Wildman–Crippen LogP) is 4.58. The lowest BCUT2D eigenvalue weighted by molar-refractivity contribution is 0.253. The van der Waals surface area contributed by atoms with Crippen LogP contribution in [0.3, 0.4) is 0 Å². The molecule has 0 saturated carbocycles. The summed E-state index contributed by atoms with van der Waals surface area (Å²) in [5.41, 5.74) is 2.87. The van der Waals surface area contributed by atoms with Gasteiger partial charge in [-0.1, -0.05) is 36.4 Å². The van der Waals surface area contributed by atoms with E-state index in [-0.39, 0.29) is 0 Å². The van der Waals surface area contributed by atoms with E-state index < -0.39 is 0 Å². The Hall–Kier alpha value is -1.94. The van der Waals surface area contributed by atoms with Crippen molar-refractivity contribution in [1.82, 2.24) is 14.7 Å². The second kappa shape index (κ2) is 8.60. The number of nitrogens with zero attached hydrogens (tertiary/aromatic N) is 3. The molecule has 0 aliphatic carbocycles. The van der Waals surface area contributed by atoms with Crippen molar-refractivity contribution >= 4 is 21.5 Å². The van der Waals surface area contributed by atoms with Gasteiger partial charge < -0.3 is 14.7 Å². The molecule has 3 aromatic rings. The molecule has 1 aliphatic rings. The van der Waals surface area contributed by atoms with Gasteiger partial charge in [0.15, 0.2) is 0 Å². The van der Waals surface area contributed by atoms with Crippen LogP contribution in [-0.2, 0) is 13.1 Å². The van der Waals surface area contributed by atoms with Gasteiger partial charge in [0, 0.05) is 13.1 Å². The summed E-state index contributed by atoms with van der Waals surface area (Å²) in [5.74, 6) is 0. The molecule has 3 heteroatoms. The zero-order valence-corrected chi connectivity index (χ0v) is 17.6. The van der Waals surface area contributed by atoms with E-state index in [2.05, 4.69) is 84.4 Å². The lowest BCUT2D eigenvalue weighted by Gasteiger charge is -2.23. The van der Waals surface area contributed by atoms with Crippen LogP contribution >= 0.6 is 0 Å². The van der Waals surface area contributed by atoms with Gasteiger partial charge in [-0.25, -0.2) is 0 Å². The quantitative estimate of drug-likeness (QED) is 0.533. The second-order valence-electron chi connectivity index (χ2n) is 8.61. The fourth-order valence-electron chi connectivity index (χ4n) is 4.53. The first-order chi connectivity index (χ1) is 13.6. The van der Waals surface area contributed by atoms with E-state index in [1.807, 2.05) is 0 Å². The molecular weight excluding hydrogens is 342 g/mol. The average Bonchev–Trinajstić information content (AvgIpc) is 2.66. The molecule has 1 heterocycles. The third-order valence-electron chi connectivity index (χ3n) is 6.10. The topological polar surface area (TPSA) is 9.72 Å². The zero-order valence-electron chi connectivity index (χ0n) is 17.6. The molecule has 0 fully saturated rings. The van der Waals surface area contributed by atoms with Crippen LogP contribution in [0.1, 0.15) is 24.0 Å². The fraction of sp³-hybridized carbons (Fsp3) is 0.440. The van der Waals surface area contributed by atoms with E-state index in [0.717, 1.165) is 26.2 Å². The second-order valence-corrected chi connectivity index (χ2v) is 8.61. The maximum Gasteiger partial charge on any atom is 0.0236 e. The summed E-state index contributed by atoms with van der Waals surface area (Å²) in [6.07, 6.45) is 2.45. The Labute approximate surface area is 169 Å². The molecule has 0 spiro atoms. The summed E-state index contributed by atoms with van der Waals surface area (Å²) in [5, 5.41) is 5.51. The third-order valence-corrected chi connectivity index (χ3v) is 6.10. The standard InChI is InChI=1S/C25H33N3/c1-26-12-6-14-27(2)18-22-10-4-8-20-16-21-9-5-11-23(25(21)17-24(20)22)19-28(3)15-7-13-26/h4-5,8-11,16-17H,6-7,12-15,18-19H2,1-3H3. The molecule has 0 radical (unpaired) electrons. The Morgan fingerprint density at radius 3 is 1.54 bits per heavy atom. The molecule has 4 rings (SSSR count). The van der Waals surface area contributed by atoms with Crippen LogP contribution in [-0.4, -0.2) is 62.0 Å². The highest BCUT2D eigenvalue weighted by Gasteiger charge is 2.11. The van der Waals surface area contributed by atoms with Gasteiger partial charge in [-0.05, 0) is 105 Å². The van der Waals surface area contributed by atoms with E-state index >= 15 is 0 Å². The molecule has 2 bridgehead atoms. The van der Waals surface area contributed by atoms with Crippen molar-refractivity contribution in [3.8, 4) is 0 Å². The smallest absolute Gasteiger partial charge is 0.0236 e. The lowest BCUT2D eigenvalue weighted by Crippen LogP contribution is -2.28. The first kappa shape index (κ1) is 19.4. The van der Waals surface area contributed by atoms with Crippen LogP contribution < -0.4 is 0 Å². The Kier molecular flexibility index (Phi) is 5.96. The van der Waals surface area contributed by atoms with Crippen LogP contribution in [0, 0.1) is 0 Å². The summed E-state index contributed by atoms with van der Waals surface area (Å²) >= 11 is 0. The first-order valence-corrected chi connectivity index (χ1v) is 10.6. The third kappa shape index (κ3) is 4.38. The van der Waals surface area contributed by atoms with Gasteiger partial charge in [-0.15, -0.1) is 0 Å². The monoisotopic (exact) mass is 375 g/mol. The van der Waals surface area contributed by atoms with Crippen molar-refractivity contribution < 1.29 is 0 Å². The van der Waals surface area contributed by atoms with Crippen molar-refractivity contribution in [3.63, 3.8) is 0 Å². The minimum atomic E-state index is 1.01. The molecule has 0 N–H and O–H groups in total. The highest BCUT2D eigenvalue weighted by atomic mass is 15.1. The molecule has 0 atom stereocenters. The van der Waals surface area contributed by atoms with Gasteiger partial charge in [0.2, 0.25) is 0 Å². The summed E-state index contributed by atoms with van der Waals surface area (Å²) in [7, 11) is 6.77. The average molecular weight is 376 g/mol. The van der Waals surface area contributed by atoms with Crippen LogP contribution in [0.15, 0.2) is 48.5 Å². The van der Waals surface area contributed by atoms with Crippen LogP contribution in [0.25, 0.3) is 21.5 Å². The SMILES string of the molecule is CN1CCCN(C)Cc2cccc3cc4cccc(c4cc23)CN(C)CCC1. The van der Waals surface area contributed by atoms with Gasteiger partial charge >= 0.3 is 0 Å². The van der Waals surface area contributed by atoms with E-state index in [1.165, 1.54) is 58.6 Å². The summed E-state index contributed by atoms with van der Waals surface area (Å²) < 4.78 is 0. The zero-order chi connectivity index (χ0) is 19.5. The predicted molar refractivity (Wildman–Crippen MR) is 121 cm³/mol. The molecule has 148 valence electrons. The highest BCUT2D eigenvalue weighted by molar-refractivity contribution is 6.00. The van der Waals surface area contributed by atoms with E-state index in [9.17, 15) is 0 Å². The number of hydrogen-bond donors (Lipinski definition) is 0. The van der Waals surface area contributed by atoms with Gasteiger partial charge in [0.1, 0.15) is 0 Å². The largest absolute Gasteiger partial charge is 0.306 e. The molecule has 0 aromatic heterocycles. The van der Waals surface area contributed by atoms with Crippen LogP contribution in [0.2, 0.25) is 0 Å². The van der Waals surface area contributed by atoms with Gasteiger partial charge in [-0.3, -0.25) is 0 Å². The first-order valence-electron chi connectivity index (χ1n) is 10.6. The normalized spacial score (nSPS) is 19.1. The van der Waals surface area contributed by atoms with E-state index in [1.54, 1.807) is 0 Å². The van der Waals surface area contributed by atoms with E-state index in [4.69, 9.17) is 0 Å². The highest BCUT2D eigenvalue weighted by Crippen LogP contribution is 2.29. The molecule has 0 unspecified atom stereocenters. The molecule has 1 aliphatic heterocycles. The Bertz CT molecular complexity index is 876. The number of hydrogen-bond acceptors (Lipinski definition) is 3. The van der Waals surface area contributed by atoms with Crippen molar-refractivity contribution in [1.29, 1.82) is 0 Å². The number of rotatable bonds is 0. The number of benzene rings is 3.